The van der Waals surface area contributed by atoms with Crippen molar-refractivity contribution in [3.63, 3.8) is 0 Å². The molecule has 7 nitrogen and oxygen atoms in total. The molecule has 3 rings (SSSR count). The summed E-state index contributed by atoms with van der Waals surface area (Å²) in [5, 5.41) is 0. The predicted octanol–water partition coefficient (Wildman–Crippen LogP) is 3.91. The standard InChI is InChI=1S/C24H28O7/c1-13(25)31-23-20(14-8-9-17(28-5)18(10-14)29-6)22(26)21-16(24(23,2)3)11-15(27-4)12-19(21)30-7/h8-12,20,23H,1-7H3/t20-,23+/m1/s1. The summed E-state index contributed by atoms with van der Waals surface area (Å²) in [7, 11) is 6.14. The second-order valence-corrected chi connectivity index (χ2v) is 7.96. The van der Waals surface area contributed by atoms with E-state index < -0.39 is 23.4 Å². The van der Waals surface area contributed by atoms with Crippen molar-refractivity contribution >= 4 is 11.8 Å². The van der Waals surface area contributed by atoms with Gasteiger partial charge in [-0.05, 0) is 29.3 Å². The molecule has 0 saturated heterocycles. The van der Waals surface area contributed by atoms with E-state index in [9.17, 15) is 9.59 Å². The molecule has 0 N–H and O–H groups in total. The van der Waals surface area contributed by atoms with E-state index in [0.29, 0.717) is 39.7 Å². The van der Waals surface area contributed by atoms with Crippen LogP contribution in [0.25, 0.3) is 0 Å². The van der Waals surface area contributed by atoms with Gasteiger partial charge in [-0.25, -0.2) is 0 Å². The zero-order chi connectivity index (χ0) is 22.9. The summed E-state index contributed by atoms with van der Waals surface area (Å²) in [6.07, 6.45) is -0.750. The van der Waals surface area contributed by atoms with Crippen LogP contribution in [0.2, 0.25) is 0 Å². The lowest BCUT2D eigenvalue weighted by Gasteiger charge is -2.44. The van der Waals surface area contributed by atoms with Crippen molar-refractivity contribution < 1.29 is 33.3 Å². The van der Waals surface area contributed by atoms with Gasteiger partial charge >= 0.3 is 5.97 Å². The maximum atomic E-state index is 13.8. The van der Waals surface area contributed by atoms with E-state index >= 15 is 0 Å². The summed E-state index contributed by atoms with van der Waals surface area (Å²) in [4.78, 5) is 25.9. The van der Waals surface area contributed by atoms with Crippen LogP contribution in [0.1, 0.15) is 48.2 Å². The molecule has 31 heavy (non-hydrogen) atoms. The molecule has 0 spiro atoms. The van der Waals surface area contributed by atoms with Crippen LogP contribution < -0.4 is 18.9 Å². The number of hydrogen-bond donors (Lipinski definition) is 0. The number of esters is 1. The van der Waals surface area contributed by atoms with Crippen LogP contribution in [0, 0.1) is 0 Å². The number of fused-ring (bicyclic) bond motifs is 1. The molecule has 0 aliphatic heterocycles. The lowest BCUT2D eigenvalue weighted by molar-refractivity contribution is -0.150. The third-order valence-corrected chi connectivity index (χ3v) is 5.83. The minimum absolute atomic E-state index is 0.202. The second kappa shape index (κ2) is 8.49. The molecule has 1 aliphatic carbocycles. The van der Waals surface area contributed by atoms with Crippen LogP contribution >= 0.6 is 0 Å². The van der Waals surface area contributed by atoms with Crippen molar-refractivity contribution in [2.24, 2.45) is 0 Å². The van der Waals surface area contributed by atoms with Gasteiger partial charge in [0, 0.05) is 18.4 Å². The van der Waals surface area contributed by atoms with E-state index in [-0.39, 0.29) is 5.78 Å². The maximum Gasteiger partial charge on any atom is 0.302 e. The molecular weight excluding hydrogens is 400 g/mol. The predicted molar refractivity (Wildman–Crippen MR) is 115 cm³/mol. The van der Waals surface area contributed by atoms with Gasteiger partial charge in [-0.2, -0.15) is 0 Å². The molecule has 0 amide bonds. The van der Waals surface area contributed by atoms with Gasteiger partial charge in [0.25, 0.3) is 0 Å². The van der Waals surface area contributed by atoms with E-state index in [4.69, 9.17) is 23.7 Å². The molecule has 7 heteroatoms. The van der Waals surface area contributed by atoms with Crippen molar-refractivity contribution in [2.75, 3.05) is 28.4 Å². The van der Waals surface area contributed by atoms with Crippen LogP contribution in [-0.4, -0.2) is 46.3 Å². The Labute approximate surface area is 182 Å². The Kier molecular flexibility index (Phi) is 6.15. The highest BCUT2D eigenvalue weighted by atomic mass is 16.5. The summed E-state index contributed by atoms with van der Waals surface area (Å²) in [5.74, 6) is 0.581. The number of methoxy groups -OCH3 is 4. The molecule has 0 radical (unpaired) electrons. The summed E-state index contributed by atoms with van der Waals surface area (Å²) in [5.41, 5.74) is 1.10. The highest BCUT2D eigenvalue weighted by Gasteiger charge is 2.51. The number of carbonyl (C=O) groups is 2. The molecule has 0 fully saturated rings. The molecule has 2 aromatic carbocycles. The summed E-state index contributed by atoms with van der Waals surface area (Å²) in [6, 6.07) is 8.76. The number of Topliss-reactive ketones (excluding diaryl/α,β-unsaturated/α-hetero) is 1. The molecule has 0 unspecified atom stereocenters. The molecule has 0 aromatic heterocycles. The first kappa shape index (κ1) is 22.5. The van der Waals surface area contributed by atoms with Crippen LogP contribution in [0.15, 0.2) is 30.3 Å². The Morgan fingerprint density at radius 1 is 0.871 bits per heavy atom. The third kappa shape index (κ3) is 3.80. The van der Waals surface area contributed by atoms with Crippen molar-refractivity contribution in [1.82, 2.24) is 0 Å². The van der Waals surface area contributed by atoms with Crippen LogP contribution in [-0.2, 0) is 14.9 Å². The fraction of sp³-hybridized carbons (Fsp3) is 0.417. The molecular formula is C24H28O7. The fourth-order valence-corrected chi connectivity index (χ4v) is 4.26. The van der Waals surface area contributed by atoms with Gasteiger partial charge in [0.1, 0.15) is 17.6 Å². The van der Waals surface area contributed by atoms with Gasteiger partial charge in [-0.3, -0.25) is 9.59 Å². The smallest absolute Gasteiger partial charge is 0.302 e. The number of ether oxygens (including phenoxy) is 5. The van der Waals surface area contributed by atoms with E-state index in [2.05, 4.69) is 0 Å². The number of hydrogen-bond acceptors (Lipinski definition) is 7. The minimum Gasteiger partial charge on any atom is -0.497 e. The molecule has 2 atom stereocenters. The summed E-state index contributed by atoms with van der Waals surface area (Å²) in [6.45, 7) is 5.23. The van der Waals surface area contributed by atoms with Gasteiger partial charge in [0.05, 0.1) is 39.9 Å². The zero-order valence-electron chi connectivity index (χ0n) is 18.9. The van der Waals surface area contributed by atoms with Gasteiger partial charge in [-0.1, -0.05) is 19.9 Å². The minimum atomic E-state index is -0.756. The van der Waals surface area contributed by atoms with Crippen molar-refractivity contribution in [2.45, 2.75) is 38.2 Å². The number of ketones is 1. The molecule has 166 valence electrons. The number of carbonyl (C=O) groups excluding carboxylic acids is 2. The number of benzene rings is 2. The highest BCUT2D eigenvalue weighted by Crippen LogP contribution is 2.50. The molecule has 0 bridgehead atoms. The zero-order valence-corrected chi connectivity index (χ0v) is 18.9. The van der Waals surface area contributed by atoms with Crippen molar-refractivity contribution in [1.29, 1.82) is 0 Å². The second-order valence-electron chi connectivity index (χ2n) is 7.96. The molecule has 0 heterocycles. The van der Waals surface area contributed by atoms with Crippen LogP contribution in [0.5, 0.6) is 23.0 Å². The van der Waals surface area contributed by atoms with Crippen LogP contribution in [0.3, 0.4) is 0 Å². The Hall–Kier alpha value is -3.22. The first-order chi connectivity index (χ1) is 14.7. The van der Waals surface area contributed by atoms with Gasteiger partial charge in [-0.15, -0.1) is 0 Å². The Morgan fingerprint density at radius 3 is 2.06 bits per heavy atom. The van der Waals surface area contributed by atoms with Gasteiger partial charge in [0.15, 0.2) is 17.3 Å². The lowest BCUT2D eigenvalue weighted by atomic mass is 9.63. The van der Waals surface area contributed by atoms with E-state index in [1.807, 2.05) is 13.8 Å². The van der Waals surface area contributed by atoms with Crippen molar-refractivity contribution in [3.05, 3.63) is 47.0 Å². The van der Waals surface area contributed by atoms with E-state index in [1.54, 1.807) is 44.6 Å². The normalized spacial score (nSPS) is 19.3. The lowest BCUT2D eigenvalue weighted by Crippen LogP contribution is -2.49. The Morgan fingerprint density at radius 2 is 1.52 bits per heavy atom. The van der Waals surface area contributed by atoms with Crippen molar-refractivity contribution in [3.8, 4) is 23.0 Å². The average Bonchev–Trinajstić information content (AvgIpc) is 2.76. The molecule has 0 saturated carbocycles. The average molecular weight is 428 g/mol. The fourth-order valence-electron chi connectivity index (χ4n) is 4.26. The third-order valence-electron chi connectivity index (χ3n) is 5.83. The molecule has 2 aromatic rings. The quantitative estimate of drug-likeness (QED) is 0.645. The largest absolute Gasteiger partial charge is 0.497 e. The first-order valence-electron chi connectivity index (χ1n) is 9.89. The topological polar surface area (TPSA) is 80.3 Å². The van der Waals surface area contributed by atoms with Gasteiger partial charge < -0.3 is 23.7 Å². The molecule has 1 aliphatic rings. The van der Waals surface area contributed by atoms with E-state index in [1.165, 1.54) is 21.1 Å². The maximum absolute atomic E-state index is 13.8. The van der Waals surface area contributed by atoms with Crippen LogP contribution in [0.4, 0.5) is 0 Å². The van der Waals surface area contributed by atoms with Gasteiger partial charge in [0.2, 0.25) is 0 Å². The first-order valence-corrected chi connectivity index (χ1v) is 9.89. The summed E-state index contributed by atoms with van der Waals surface area (Å²) < 4.78 is 27.5. The monoisotopic (exact) mass is 428 g/mol. The Balaban J connectivity index is 2.29. The number of rotatable bonds is 6. The Bertz CT molecular complexity index is 1010. The highest BCUT2D eigenvalue weighted by molar-refractivity contribution is 6.07. The SMILES string of the molecule is COc1cc(OC)c2c(c1)C(C)(C)[C@@H](OC(C)=O)[C@H](c1ccc(OC)c(OC)c1)C2=O. The van der Waals surface area contributed by atoms with E-state index in [0.717, 1.165) is 0 Å². The summed E-state index contributed by atoms with van der Waals surface area (Å²) >= 11 is 0.